The molecule has 17 heavy (non-hydrogen) atoms. The zero-order valence-electron chi connectivity index (χ0n) is 10.9. The van der Waals surface area contributed by atoms with E-state index >= 15 is 0 Å². The Morgan fingerprint density at radius 3 is 2.47 bits per heavy atom. The summed E-state index contributed by atoms with van der Waals surface area (Å²) in [6.07, 6.45) is 1.62. The molecule has 1 fully saturated rings. The van der Waals surface area contributed by atoms with Gasteiger partial charge in [-0.2, -0.15) is 0 Å². The first-order chi connectivity index (χ1) is 8.10. The highest BCUT2D eigenvalue weighted by Crippen LogP contribution is 2.19. The summed E-state index contributed by atoms with van der Waals surface area (Å²) in [7, 11) is 1.66. The van der Waals surface area contributed by atoms with Crippen molar-refractivity contribution < 1.29 is 14.3 Å². The summed E-state index contributed by atoms with van der Waals surface area (Å²) in [5, 5.41) is 2.67. The van der Waals surface area contributed by atoms with Gasteiger partial charge in [-0.05, 0) is 39.8 Å². The van der Waals surface area contributed by atoms with Crippen molar-refractivity contribution in [1.29, 1.82) is 0 Å². The van der Waals surface area contributed by atoms with Crippen LogP contribution in [-0.4, -0.2) is 49.6 Å². The molecule has 0 spiro atoms. The number of piperidine rings is 1. The van der Waals surface area contributed by atoms with E-state index in [4.69, 9.17) is 4.74 Å². The van der Waals surface area contributed by atoms with Crippen molar-refractivity contribution in [2.24, 2.45) is 5.92 Å². The number of nitrogens with one attached hydrogen (secondary N) is 1. The maximum atomic E-state index is 11.6. The van der Waals surface area contributed by atoms with Crippen LogP contribution in [-0.2, 0) is 14.3 Å². The highest BCUT2D eigenvalue weighted by molar-refractivity contribution is 5.78. The molecule has 1 unspecified atom stereocenters. The Hall–Kier alpha value is -1.10. The Morgan fingerprint density at radius 2 is 2.00 bits per heavy atom. The lowest BCUT2D eigenvalue weighted by Crippen LogP contribution is -2.46. The molecule has 1 N–H and O–H groups in total. The summed E-state index contributed by atoms with van der Waals surface area (Å²) in [4.78, 5) is 25.1. The van der Waals surface area contributed by atoms with Crippen molar-refractivity contribution >= 4 is 11.9 Å². The second-order valence-corrected chi connectivity index (χ2v) is 4.35. The van der Waals surface area contributed by atoms with Gasteiger partial charge in [0, 0.05) is 13.0 Å². The van der Waals surface area contributed by atoms with Crippen LogP contribution in [0.15, 0.2) is 0 Å². The number of likely N-dealkylation sites (tertiary alicyclic amines) is 1. The average molecular weight is 242 g/mol. The van der Waals surface area contributed by atoms with Crippen molar-refractivity contribution in [1.82, 2.24) is 10.2 Å². The highest BCUT2D eigenvalue weighted by atomic mass is 16.5. The minimum Gasteiger partial charge on any atom is -0.465 e. The molecule has 1 heterocycles. The molecule has 0 aliphatic carbocycles. The molecule has 0 saturated carbocycles. The van der Waals surface area contributed by atoms with Gasteiger partial charge in [0.25, 0.3) is 0 Å². The fourth-order valence-corrected chi connectivity index (χ4v) is 2.17. The molecule has 0 bridgehead atoms. The maximum Gasteiger partial charge on any atom is 0.323 e. The number of ether oxygens (including phenoxy) is 1. The molecule has 5 nitrogen and oxygen atoms in total. The van der Waals surface area contributed by atoms with Crippen molar-refractivity contribution in [3.05, 3.63) is 0 Å². The van der Waals surface area contributed by atoms with Crippen LogP contribution >= 0.6 is 0 Å². The van der Waals surface area contributed by atoms with Gasteiger partial charge in [-0.1, -0.05) is 0 Å². The number of hydrogen-bond donors (Lipinski definition) is 1. The van der Waals surface area contributed by atoms with Crippen LogP contribution < -0.4 is 5.32 Å². The van der Waals surface area contributed by atoms with E-state index < -0.39 is 0 Å². The van der Waals surface area contributed by atoms with Crippen LogP contribution in [0.25, 0.3) is 0 Å². The number of amides is 1. The molecule has 98 valence electrons. The third-order valence-corrected chi connectivity index (χ3v) is 3.32. The molecule has 1 saturated heterocycles. The Labute approximate surface area is 102 Å². The summed E-state index contributed by atoms with van der Waals surface area (Å²) in [6, 6.07) is -0.208. The van der Waals surface area contributed by atoms with Gasteiger partial charge >= 0.3 is 5.97 Å². The molecular formula is C12H22N2O3. The van der Waals surface area contributed by atoms with E-state index in [1.165, 1.54) is 0 Å². The molecule has 5 heteroatoms. The third-order valence-electron chi connectivity index (χ3n) is 3.32. The van der Waals surface area contributed by atoms with E-state index in [0.717, 1.165) is 25.9 Å². The van der Waals surface area contributed by atoms with Crippen molar-refractivity contribution in [3.8, 4) is 0 Å². The third kappa shape index (κ3) is 3.70. The van der Waals surface area contributed by atoms with Gasteiger partial charge in [0.2, 0.25) is 5.91 Å². The number of rotatable bonds is 4. The first-order valence-electron chi connectivity index (χ1n) is 6.22. The van der Waals surface area contributed by atoms with E-state index in [2.05, 4.69) is 10.2 Å². The minimum absolute atomic E-state index is 0.0886. The zero-order valence-corrected chi connectivity index (χ0v) is 10.9. The van der Waals surface area contributed by atoms with Crippen molar-refractivity contribution in [2.45, 2.75) is 32.7 Å². The smallest absolute Gasteiger partial charge is 0.323 e. The maximum absolute atomic E-state index is 11.6. The molecule has 1 aliphatic heterocycles. The van der Waals surface area contributed by atoms with E-state index in [-0.39, 0.29) is 23.8 Å². The fraction of sp³-hybridized carbons (Fsp3) is 0.833. The van der Waals surface area contributed by atoms with Crippen LogP contribution in [0.3, 0.4) is 0 Å². The van der Waals surface area contributed by atoms with E-state index in [9.17, 15) is 9.59 Å². The SMILES string of the molecule is CCOC(=O)C(C)N1CCC(C(=O)NC)CC1. The van der Waals surface area contributed by atoms with Crippen molar-refractivity contribution in [2.75, 3.05) is 26.7 Å². The average Bonchev–Trinajstić information content (AvgIpc) is 2.37. The van der Waals surface area contributed by atoms with Gasteiger partial charge < -0.3 is 10.1 Å². The number of nitrogens with zero attached hydrogens (tertiary/aromatic N) is 1. The lowest BCUT2D eigenvalue weighted by Gasteiger charge is -2.34. The topological polar surface area (TPSA) is 58.6 Å². The van der Waals surface area contributed by atoms with E-state index in [1.54, 1.807) is 7.05 Å². The number of carbonyl (C=O) groups excluding carboxylic acids is 2. The van der Waals surface area contributed by atoms with Gasteiger partial charge in [-0.3, -0.25) is 14.5 Å². The second-order valence-electron chi connectivity index (χ2n) is 4.35. The van der Waals surface area contributed by atoms with E-state index in [0.29, 0.717) is 6.61 Å². The Kier molecular flexibility index (Phi) is 5.41. The Bertz CT molecular complexity index is 273. The molecule has 1 aliphatic rings. The largest absolute Gasteiger partial charge is 0.465 e. The first kappa shape index (κ1) is 14.0. The zero-order chi connectivity index (χ0) is 12.8. The monoisotopic (exact) mass is 242 g/mol. The first-order valence-corrected chi connectivity index (χ1v) is 6.22. The molecule has 0 aromatic carbocycles. The Morgan fingerprint density at radius 1 is 1.41 bits per heavy atom. The summed E-state index contributed by atoms with van der Waals surface area (Å²) in [5.41, 5.74) is 0. The number of esters is 1. The standard InChI is InChI=1S/C12H22N2O3/c1-4-17-12(16)9(2)14-7-5-10(6-8-14)11(15)13-3/h9-10H,4-8H2,1-3H3,(H,13,15). The lowest BCUT2D eigenvalue weighted by molar-refractivity contribution is -0.149. The highest BCUT2D eigenvalue weighted by Gasteiger charge is 2.29. The van der Waals surface area contributed by atoms with E-state index in [1.807, 2.05) is 13.8 Å². The summed E-state index contributed by atoms with van der Waals surface area (Å²) in [6.45, 7) is 5.63. The number of hydrogen-bond acceptors (Lipinski definition) is 4. The summed E-state index contributed by atoms with van der Waals surface area (Å²) in [5.74, 6) is 0.0185. The van der Waals surface area contributed by atoms with Gasteiger partial charge in [0.05, 0.1) is 6.61 Å². The molecular weight excluding hydrogens is 220 g/mol. The molecule has 1 atom stereocenters. The normalized spacial score (nSPS) is 19.7. The predicted molar refractivity (Wildman–Crippen MR) is 64.5 cm³/mol. The predicted octanol–water partition coefficient (Wildman–Crippen LogP) is 0.396. The molecule has 1 amide bonds. The molecule has 1 rings (SSSR count). The van der Waals surface area contributed by atoms with Crippen LogP contribution in [0, 0.1) is 5.92 Å². The van der Waals surface area contributed by atoms with Crippen LogP contribution in [0.5, 0.6) is 0 Å². The second kappa shape index (κ2) is 6.59. The lowest BCUT2D eigenvalue weighted by atomic mass is 9.95. The van der Waals surface area contributed by atoms with Crippen LogP contribution in [0.1, 0.15) is 26.7 Å². The van der Waals surface area contributed by atoms with Gasteiger partial charge in [0.1, 0.15) is 6.04 Å². The molecule has 0 aromatic rings. The Balaban J connectivity index is 2.41. The molecule has 0 aromatic heterocycles. The van der Waals surface area contributed by atoms with Crippen molar-refractivity contribution in [3.63, 3.8) is 0 Å². The van der Waals surface area contributed by atoms with Crippen LogP contribution in [0.2, 0.25) is 0 Å². The van der Waals surface area contributed by atoms with Gasteiger partial charge in [-0.25, -0.2) is 0 Å². The summed E-state index contributed by atoms with van der Waals surface area (Å²) >= 11 is 0. The summed E-state index contributed by atoms with van der Waals surface area (Å²) < 4.78 is 4.99. The van der Waals surface area contributed by atoms with Gasteiger partial charge in [-0.15, -0.1) is 0 Å². The minimum atomic E-state index is -0.208. The van der Waals surface area contributed by atoms with Gasteiger partial charge in [0.15, 0.2) is 0 Å². The quantitative estimate of drug-likeness (QED) is 0.725. The van der Waals surface area contributed by atoms with Crippen LogP contribution in [0.4, 0.5) is 0 Å². The fourth-order valence-electron chi connectivity index (χ4n) is 2.17. The number of carbonyl (C=O) groups is 2. The molecule has 0 radical (unpaired) electrons.